The SMILES string of the molecule is CCCn1nncc1C(=O)c1coc2ccccc12. The number of furan rings is 1. The van der Waals surface area contributed by atoms with Crippen molar-refractivity contribution in [3.8, 4) is 0 Å². The fraction of sp³-hybridized carbons (Fsp3) is 0.214. The Morgan fingerprint density at radius 1 is 1.37 bits per heavy atom. The van der Waals surface area contributed by atoms with Crippen molar-refractivity contribution in [3.05, 3.63) is 48.0 Å². The molecule has 96 valence electrons. The predicted octanol–water partition coefficient (Wildman–Crippen LogP) is 2.67. The van der Waals surface area contributed by atoms with Crippen LogP contribution in [0.4, 0.5) is 0 Å². The van der Waals surface area contributed by atoms with Gasteiger partial charge in [-0.3, -0.25) is 4.79 Å². The molecule has 0 unspecified atom stereocenters. The van der Waals surface area contributed by atoms with E-state index in [2.05, 4.69) is 10.3 Å². The molecule has 0 aliphatic carbocycles. The minimum atomic E-state index is -0.108. The van der Waals surface area contributed by atoms with Gasteiger partial charge in [-0.2, -0.15) is 0 Å². The fourth-order valence-corrected chi connectivity index (χ4v) is 2.10. The number of aromatic nitrogens is 3. The number of nitrogens with zero attached hydrogens (tertiary/aromatic N) is 3. The molecule has 1 aromatic carbocycles. The number of carbonyl (C=O) groups excluding carboxylic acids is 1. The third kappa shape index (κ3) is 1.93. The summed E-state index contributed by atoms with van der Waals surface area (Å²) in [4.78, 5) is 12.5. The van der Waals surface area contributed by atoms with Gasteiger partial charge in [-0.25, -0.2) is 4.68 Å². The van der Waals surface area contributed by atoms with E-state index in [-0.39, 0.29) is 5.78 Å². The Balaban J connectivity index is 2.06. The first kappa shape index (κ1) is 11.6. The van der Waals surface area contributed by atoms with Gasteiger partial charge in [0.2, 0.25) is 5.78 Å². The minimum absolute atomic E-state index is 0.108. The molecular formula is C14H13N3O2. The lowest BCUT2D eigenvalue weighted by Gasteiger charge is -2.02. The van der Waals surface area contributed by atoms with Crippen LogP contribution in [0.3, 0.4) is 0 Å². The van der Waals surface area contributed by atoms with Crippen LogP contribution in [0.1, 0.15) is 29.4 Å². The molecule has 0 amide bonds. The number of hydrogen-bond donors (Lipinski definition) is 0. The van der Waals surface area contributed by atoms with Crippen molar-refractivity contribution >= 4 is 16.8 Å². The smallest absolute Gasteiger partial charge is 0.216 e. The molecule has 3 aromatic rings. The number of ketones is 1. The highest BCUT2D eigenvalue weighted by molar-refractivity contribution is 6.14. The Hall–Kier alpha value is -2.43. The summed E-state index contributed by atoms with van der Waals surface area (Å²) in [6, 6.07) is 7.48. The Kier molecular flexibility index (Phi) is 2.87. The molecule has 0 atom stereocenters. The van der Waals surface area contributed by atoms with Crippen molar-refractivity contribution in [1.29, 1.82) is 0 Å². The molecular weight excluding hydrogens is 242 g/mol. The Labute approximate surface area is 109 Å². The molecule has 0 aliphatic rings. The number of para-hydroxylation sites is 1. The first-order valence-electron chi connectivity index (χ1n) is 6.20. The number of benzene rings is 1. The van der Waals surface area contributed by atoms with Crippen molar-refractivity contribution in [2.45, 2.75) is 19.9 Å². The van der Waals surface area contributed by atoms with Gasteiger partial charge in [0.1, 0.15) is 17.5 Å². The summed E-state index contributed by atoms with van der Waals surface area (Å²) in [6.45, 7) is 2.71. The molecule has 0 N–H and O–H groups in total. The second-order valence-electron chi connectivity index (χ2n) is 4.32. The van der Waals surface area contributed by atoms with Gasteiger partial charge in [0.15, 0.2) is 0 Å². The van der Waals surface area contributed by atoms with Crippen molar-refractivity contribution in [2.24, 2.45) is 0 Å². The average molecular weight is 255 g/mol. The topological polar surface area (TPSA) is 60.9 Å². The van der Waals surface area contributed by atoms with Gasteiger partial charge in [-0.05, 0) is 12.5 Å². The molecule has 2 heterocycles. The van der Waals surface area contributed by atoms with Crippen LogP contribution >= 0.6 is 0 Å². The molecule has 0 bridgehead atoms. The largest absolute Gasteiger partial charge is 0.464 e. The number of carbonyl (C=O) groups is 1. The molecule has 2 aromatic heterocycles. The summed E-state index contributed by atoms with van der Waals surface area (Å²) in [6.07, 6.45) is 3.89. The Bertz CT molecular complexity index is 727. The molecule has 0 aliphatic heterocycles. The normalized spacial score (nSPS) is 11.0. The van der Waals surface area contributed by atoms with Crippen LogP contribution in [-0.4, -0.2) is 20.8 Å². The standard InChI is InChI=1S/C14H13N3O2/c1-2-7-17-12(8-15-16-17)14(18)11-9-19-13-6-4-3-5-10(11)13/h3-6,8-9H,2,7H2,1H3. The summed E-state index contributed by atoms with van der Waals surface area (Å²) < 4.78 is 7.03. The van der Waals surface area contributed by atoms with Crippen LogP contribution in [0, 0.1) is 0 Å². The lowest BCUT2D eigenvalue weighted by Crippen LogP contribution is -2.11. The van der Waals surface area contributed by atoms with Crippen molar-refractivity contribution in [3.63, 3.8) is 0 Å². The van der Waals surface area contributed by atoms with Crippen LogP contribution in [0.2, 0.25) is 0 Å². The average Bonchev–Trinajstić information content (AvgIpc) is 3.04. The van der Waals surface area contributed by atoms with Gasteiger partial charge < -0.3 is 4.42 Å². The number of fused-ring (bicyclic) bond motifs is 1. The second kappa shape index (κ2) is 4.68. The van der Waals surface area contributed by atoms with E-state index >= 15 is 0 Å². The third-order valence-electron chi connectivity index (χ3n) is 3.01. The zero-order chi connectivity index (χ0) is 13.2. The zero-order valence-corrected chi connectivity index (χ0v) is 10.5. The van der Waals surface area contributed by atoms with E-state index in [0.717, 1.165) is 11.8 Å². The maximum absolute atomic E-state index is 12.5. The van der Waals surface area contributed by atoms with Crippen LogP contribution in [0.5, 0.6) is 0 Å². The molecule has 0 saturated heterocycles. The molecule has 0 fully saturated rings. The molecule has 5 nitrogen and oxygen atoms in total. The van der Waals surface area contributed by atoms with Crippen molar-refractivity contribution in [2.75, 3.05) is 0 Å². The van der Waals surface area contributed by atoms with E-state index in [1.54, 1.807) is 4.68 Å². The van der Waals surface area contributed by atoms with Crippen molar-refractivity contribution in [1.82, 2.24) is 15.0 Å². The summed E-state index contributed by atoms with van der Waals surface area (Å²) in [5, 5.41) is 8.56. The van der Waals surface area contributed by atoms with E-state index in [0.29, 0.717) is 23.4 Å². The summed E-state index contributed by atoms with van der Waals surface area (Å²) in [5.41, 5.74) is 1.75. The van der Waals surface area contributed by atoms with Crippen LogP contribution in [0.25, 0.3) is 11.0 Å². The van der Waals surface area contributed by atoms with E-state index in [1.807, 2.05) is 31.2 Å². The molecule has 5 heteroatoms. The number of aryl methyl sites for hydroxylation is 1. The van der Waals surface area contributed by atoms with Gasteiger partial charge in [-0.1, -0.05) is 30.3 Å². The van der Waals surface area contributed by atoms with Crippen LogP contribution in [0.15, 0.2) is 41.1 Å². The highest BCUT2D eigenvalue weighted by Crippen LogP contribution is 2.23. The quantitative estimate of drug-likeness (QED) is 0.672. The summed E-state index contributed by atoms with van der Waals surface area (Å²) in [7, 11) is 0. The first-order valence-corrected chi connectivity index (χ1v) is 6.20. The molecule has 0 radical (unpaired) electrons. The maximum Gasteiger partial charge on any atom is 0.216 e. The number of rotatable bonds is 4. The minimum Gasteiger partial charge on any atom is -0.464 e. The first-order chi connectivity index (χ1) is 9.31. The van der Waals surface area contributed by atoms with E-state index in [1.165, 1.54) is 12.5 Å². The third-order valence-corrected chi connectivity index (χ3v) is 3.01. The number of hydrogen-bond acceptors (Lipinski definition) is 4. The highest BCUT2D eigenvalue weighted by atomic mass is 16.3. The molecule has 3 rings (SSSR count). The zero-order valence-electron chi connectivity index (χ0n) is 10.5. The van der Waals surface area contributed by atoms with Crippen LogP contribution in [-0.2, 0) is 6.54 Å². The van der Waals surface area contributed by atoms with Gasteiger partial charge in [0, 0.05) is 11.9 Å². The lowest BCUT2D eigenvalue weighted by atomic mass is 10.1. The summed E-state index contributed by atoms with van der Waals surface area (Å²) in [5.74, 6) is -0.108. The lowest BCUT2D eigenvalue weighted by molar-refractivity contribution is 0.102. The molecule has 0 spiro atoms. The predicted molar refractivity (Wildman–Crippen MR) is 70.0 cm³/mol. The van der Waals surface area contributed by atoms with Crippen molar-refractivity contribution < 1.29 is 9.21 Å². The van der Waals surface area contributed by atoms with E-state index in [9.17, 15) is 4.79 Å². The molecule has 19 heavy (non-hydrogen) atoms. The summed E-state index contributed by atoms with van der Waals surface area (Å²) >= 11 is 0. The highest BCUT2D eigenvalue weighted by Gasteiger charge is 2.19. The Morgan fingerprint density at radius 2 is 2.21 bits per heavy atom. The maximum atomic E-state index is 12.5. The van der Waals surface area contributed by atoms with Gasteiger partial charge >= 0.3 is 0 Å². The molecule has 0 saturated carbocycles. The van der Waals surface area contributed by atoms with Crippen LogP contribution < -0.4 is 0 Å². The van der Waals surface area contributed by atoms with Gasteiger partial charge in [0.05, 0.1) is 11.8 Å². The Morgan fingerprint density at radius 3 is 3.05 bits per heavy atom. The van der Waals surface area contributed by atoms with E-state index in [4.69, 9.17) is 4.42 Å². The fourth-order valence-electron chi connectivity index (χ4n) is 2.10. The van der Waals surface area contributed by atoms with E-state index < -0.39 is 0 Å². The monoisotopic (exact) mass is 255 g/mol. The van der Waals surface area contributed by atoms with Gasteiger partial charge in [-0.15, -0.1) is 5.10 Å². The van der Waals surface area contributed by atoms with Gasteiger partial charge in [0.25, 0.3) is 0 Å². The second-order valence-corrected chi connectivity index (χ2v) is 4.32.